The van der Waals surface area contributed by atoms with E-state index in [1.165, 1.54) is 12.1 Å². The third kappa shape index (κ3) is 2.79. The standard InChI is InChI=1S/C17H16F2N2O/c1-2-20-8-7-13-9-14-15(19)10-22-17(14)16(21-13)11-3-5-12(18)6-4-11/h2-6,9,15,20H,1,7-8,10H2. The van der Waals surface area contributed by atoms with E-state index < -0.39 is 6.17 Å². The third-order valence-corrected chi connectivity index (χ3v) is 3.55. The van der Waals surface area contributed by atoms with Gasteiger partial charge in [-0.25, -0.2) is 13.8 Å². The number of fused-ring (bicyclic) bond motifs is 1. The molecule has 3 rings (SSSR count). The first-order chi connectivity index (χ1) is 10.7. The lowest BCUT2D eigenvalue weighted by Crippen LogP contribution is -2.10. The van der Waals surface area contributed by atoms with Crippen molar-refractivity contribution in [3.8, 4) is 17.0 Å². The van der Waals surface area contributed by atoms with Crippen molar-refractivity contribution >= 4 is 0 Å². The van der Waals surface area contributed by atoms with Crippen molar-refractivity contribution < 1.29 is 13.5 Å². The Balaban J connectivity index is 2.02. The van der Waals surface area contributed by atoms with E-state index in [2.05, 4.69) is 16.9 Å². The smallest absolute Gasteiger partial charge is 0.163 e. The van der Waals surface area contributed by atoms with Crippen molar-refractivity contribution in [1.82, 2.24) is 10.3 Å². The molecule has 0 bridgehead atoms. The number of alkyl halides is 1. The van der Waals surface area contributed by atoms with Crippen LogP contribution in [0.4, 0.5) is 8.78 Å². The predicted molar refractivity (Wildman–Crippen MR) is 80.9 cm³/mol. The molecular weight excluding hydrogens is 286 g/mol. The Kier molecular flexibility index (Phi) is 4.04. The summed E-state index contributed by atoms with van der Waals surface area (Å²) in [5.74, 6) is 0.135. The van der Waals surface area contributed by atoms with Crippen LogP contribution in [0.25, 0.3) is 11.3 Å². The van der Waals surface area contributed by atoms with Crippen molar-refractivity contribution in [2.24, 2.45) is 0 Å². The second kappa shape index (κ2) is 6.13. The summed E-state index contributed by atoms with van der Waals surface area (Å²) in [5, 5.41) is 2.99. The van der Waals surface area contributed by atoms with Crippen LogP contribution in [0.2, 0.25) is 0 Å². The van der Waals surface area contributed by atoms with E-state index in [0.717, 1.165) is 5.69 Å². The fourth-order valence-electron chi connectivity index (χ4n) is 2.47. The van der Waals surface area contributed by atoms with Crippen LogP contribution in [0, 0.1) is 5.82 Å². The van der Waals surface area contributed by atoms with Gasteiger partial charge >= 0.3 is 0 Å². The molecule has 0 fully saturated rings. The number of hydrogen-bond donors (Lipinski definition) is 1. The number of benzene rings is 1. The molecule has 1 aromatic heterocycles. The zero-order valence-corrected chi connectivity index (χ0v) is 12.0. The van der Waals surface area contributed by atoms with Crippen molar-refractivity contribution in [2.75, 3.05) is 13.2 Å². The lowest BCUT2D eigenvalue weighted by atomic mass is 10.0. The largest absolute Gasteiger partial charge is 0.487 e. The minimum atomic E-state index is -1.15. The van der Waals surface area contributed by atoms with Crippen LogP contribution in [0.1, 0.15) is 17.4 Å². The summed E-state index contributed by atoms with van der Waals surface area (Å²) in [7, 11) is 0. The molecule has 1 N–H and O–H groups in total. The fraction of sp³-hybridized carbons (Fsp3) is 0.235. The average molecular weight is 302 g/mol. The minimum absolute atomic E-state index is 0.000427. The minimum Gasteiger partial charge on any atom is -0.487 e. The molecule has 0 radical (unpaired) electrons. The molecule has 3 nitrogen and oxygen atoms in total. The van der Waals surface area contributed by atoms with Crippen LogP contribution in [0.15, 0.2) is 43.1 Å². The van der Waals surface area contributed by atoms with E-state index >= 15 is 0 Å². The highest BCUT2D eigenvalue weighted by Crippen LogP contribution is 2.41. The molecule has 1 unspecified atom stereocenters. The molecule has 2 aromatic rings. The maximum absolute atomic E-state index is 14.0. The van der Waals surface area contributed by atoms with Gasteiger partial charge < -0.3 is 10.1 Å². The molecule has 5 heteroatoms. The SMILES string of the molecule is C=CNCCc1cc2c(c(-c3ccc(F)cc3)n1)OCC2F. The number of nitrogens with zero attached hydrogens (tertiary/aromatic N) is 1. The Morgan fingerprint density at radius 3 is 2.86 bits per heavy atom. The van der Waals surface area contributed by atoms with Crippen LogP contribution in [0.5, 0.6) is 5.75 Å². The summed E-state index contributed by atoms with van der Waals surface area (Å²) in [4.78, 5) is 4.56. The molecular formula is C17H16F2N2O. The van der Waals surface area contributed by atoms with Crippen molar-refractivity contribution in [2.45, 2.75) is 12.6 Å². The topological polar surface area (TPSA) is 34.2 Å². The van der Waals surface area contributed by atoms with Crippen LogP contribution in [0.3, 0.4) is 0 Å². The molecule has 22 heavy (non-hydrogen) atoms. The Labute approximate surface area is 127 Å². The third-order valence-electron chi connectivity index (χ3n) is 3.55. The van der Waals surface area contributed by atoms with Gasteiger partial charge in [-0.2, -0.15) is 0 Å². The van der Waals surface area contributed by atoms with Crippen molar-refractivity contribution in [3.05, 3.63) is 60.2 Å². The normalized spacial score (nSPS) is 16.0. The lowest BCUT2D eigenvalue weighted by molar-refractivity contribution is 0.243. The van der Waals surface area contributed by atoms with Crippen LogP contribution >= 0.6 is 0 Å². The van der Waals surface area contributed by atoms with Crippen molar-refractivity contribution in [1.29, 1.82) is 0 Å². The van der Waals surface area contributed by atoms with Gasteiger partial charge in [-0.15, -0.1) is 0 Å². The van der Waals surface area contributed by atoms with Gasteiger partial charge in [-0.1, -0.05) is 6.58 Å². The number of hydrogen-bond acceptors (Lipinski definition) is 3. The van der Waals surface area contributed by atoms with Gasteiger partial charge in [-0.3, -0.25) is 0 Å². The summed E-state index contributed by atoms with van der Waals surface area (Å²) in [6, 6.07) is 7.70. The summed E-state index contributed by atoms with van der Waals surface area (Å²) in [5.41, 5.74) is 2.56. The van der Waals surface area contributed by atoms with Gasteiger partial charge in [0, 0.05) is 29.8 Å². The molecule has 1 aromatic carbocycles. The second-order valence-corrected chi connectivity index (χ2v) is 5.07. The molecule has 1 atom stereocenters. The van der Waals surface area contributed by atoms with Gasteiger partial charge in [0.15, 0.2) is 11.9 Å². The molecule has 1 aliphatic heterocycles. The summed E-state index contributed by atoms with van der Waals surface area (Å²) in [6.07, 6.45) is 1.10. The van der Waals surface area contributed by atoms with Gasteiger partial charge in [0.25, 0.3) is 0 Å². The zero-order valence-electron chi connectivity index (χ0n) is 12.0. The molecule has 0 saturated heterocycles. The molecule has 0 aliphatic carbocycles. The monoisotopic (exact) mass is 302 g/mol. The van der Waals surface area contributed by atoms with Gasteiger partial charge in [-0.05, 0) is 36.5 Å². The van der Waals surface area contributed by atoms with E-state index in [0.29, 0.717) is 35.5 Å². The summed E-state index contributed by atoms with van der Waals surface area (Å²) in [6.45, 7) is 4.25. The highest BCUT2D eigenvalue weighted by atomic mass is 19.1. The van der Waals surface area contributed by atoms with Gasteiger partial charge in [0.05, 0.1) is 0 Å². The highest BCUT2D eigenvalue weighted by molar-refractivity contribution is 5.69. The quantitative estimate of drug-likeness (QED) is 0.857. The van der Waals surface area contributed by atoms with Gasteiger partial charge in [0.1, 0.15) is 18.1 Å². The Morgan fingerprint density at radius 1 is 1.36 bits per heavy atom. The lowest BCUT2D eigenvalue weighted by Gasteiger charge is -2.11. The maximum Gasteiger partial charge on any atom is 0.163 e. The number of pyridine rings is 1. The van der Waals surface area contributed by atoms with E-state index in [1.54, 1.807) is 24.4 Å². The van der Waals surface area contributed by atoms with Crippen LogP contribution in [-0.2, 0) is 6.42 Å². The molecule has 0 saturated carbocycles. The Hall–Kier alpha value is -2.43. The first kappa shape index (κ1) is 14.5. The number of rotatable bonds is 5. The van der Waals surface area contributed by atoms with E-state index in [1.807, 2.05) is 0 Å². The number of nitrogens with one attached hydrogen (secondary N) is 1. The summed E-state index contributed by atoms with van der Waals surface area (Å²) >= 11 is 0. The second-order valence-electron chi connectivity index (χ2n) is 5.07. The maximum atomic E-state index is 14.0. The summed E-state index contributed by atoms with van der Waals surface area (Å²) < 4.78 is 32.5. The first-order valence-corrected chi connectivity index (χ1v) is 7.10. The molecule has 1 aliphatic rings. The number of aromatic nitrogens is 1. The first-order valence-electron chi connectivity index (χ1n) is 7.10. The molecule has 2 heterocycles. The zero-order chi connectivity index (χ0) is 15.5. The van der Waals surface area contributed by atoms with E-state index in [4.69, 9.17) is 4.74 Å². The average Bonchev–Trinajstić information content (AvgIpc) is 2.89. The highest BCUT2D eigenvalue weighted by Gasteiger charge is 2.28. The fourth-order valence-corrected chi connectivity index (χ4v) is 2.47. The molecule has 0 amide bonds. The number of halogens is 2. The van der Waals surface area contributed by atoms with Crippen LogP contribution < -0.4 is 10.1 Å². The van der Waals surface area contributed by atoms with Crippen molar-refractivity contribution in [3.63, 3.8) is 0 Å². The predicted octanol–water partition coefficient (Wildman–Crippen LogP) is 3.57. The molecule has 114 valence electrons. The molecule has 0 spiro atoms. The van der Waals surface area contributed by atoms with Gasteiger partial charge in [0.2, 0.25) is 0 Å². The van der Waals surface area contributed by atoms with E-state index in [-0.39, 0.29) is 12.4 Å². The Bertz CT molecular complexity index is 686. The Morgan fingerprint density at radius 2 is 2.14 bits per heavy atom. The van der Waals surface area contributed by atoms with Crippen LogP contribution in [-0.4, -0.2) is 18.1 Å². The van der Waals surface area contributed by atoms with E-state index in [9.17, 15) is 8.78 Å². The number of ether oxygens (including phenoxy) is 1.